The third-order valence-electron chi connectivity index (χ3n) is 4.05. The Morgan fingerprint density at radius 3 is 2.56 bits per heavy atom. The minimum Gasteiger partial charge on any atom is -0.313 e. The lowest BCUT2D eigenvalue weighted by molar-refractivity contribution is 0.205. The van der Waals surface area contributed by atoms with Crippen LogP contribution in [0.4, 0.5) is 0 Å². The number of nitrogens with one attached hydrogen (secondary N) is 1. The molecule has 0 radical (unpaired) electrons. The van der Waals surface area contributed by atoms with Crippen LogP contribution in [0.1, 0.15) is 47.0 Å². The predicted molar refractivity (Wildman–Crippen MR) is 71.8 cm³/mol. The Bertz CT molecular complexity index is 201. The molecule has 1 saturated carbocycles. The van der Waals surface area contributed by atoms with Gasteiger partial charge in [-0.3, -0.25) is 0 Å². The third kappa shape index (κ3) is 3.46. The number of rotatable bonds is 6. The van der Waals surface area contributed by atoms with E-state index < -0.39 is 0 Å². The highest BCUT2D eigenvalue weighted by Gasteiger charge is 2.41. The van der Waals surface area contributed by atoms with Crippen molar-refractivity contribution in [2.24, 2.45) is 11.3 Å². The highest BCUT2D eigenvalue weighted by atomic mass is 15.1. The van der Waals surface area contributed by atoms with E-state index in [1.807, 2.05) is 0 Å². The summed E-state index contributed by atoms with van der Waals surface area (Å²) in [7, 11) is 2.26. The number of hydrogen-bond donors (Lipinski definition) is 1. The fourth-order valence-electron chi connectivity index (χ4n) is 3.25. The van der Waals surface area contributed by atoms with Gasteiger partial charge in [0.05, 0.1) is 0 Å². The molecule has 0 saturated heterocycles. The first kappa shape index (κ1) is 14.0. The van der Waals surface area contributed by atoms with E-state index >= 15 is 0 Å². The van der Waals surface area contributed by atoms with Crippen molar-refractivity contribution < 1.29 is 0 Å². The first-order valence-corrected chi connectivity index (χ1v) is 6.93. The molecule has 1 rings (SSSR count). The maximum atomic E-state index is 3.71. The molecule has 0 heterocycles. The molecule has 2 nitrogen and oxygen atoms in total. The third-order valence-corrected chi connectivity index (χ3v) is 4.05. The van der Waals surface area contributed by atoms with Gasteiger partial charge in [-0.2, -0.15) is 0 Å². The van der Waals surface area contributed by atoms with Gasteiger partial charge in [-0.1, -0.05) is 27.7 Å². The fourth-order valence-corrected chi connectivity index (χ4v) is 3.25. The van der Waals surface area contributed by atoms with Crippen molar-refractivity contribution in [3.05, 3.63) is 0 Å². The largest absolute Gasteiger partial charge is 0.313 e. The molecule has 0 spiro atoms. The monoisotopic (exact) mass is 226 g/mol. The van der Waals surface area contributed by atoms with Crippen molar-refractivity contribution in [3.8, 4) is 0 Å². The second kappa shape index (κ2) is 6.02. The lowest BCUT2D eigenvalue weighted by Crippen LogP contribution is -2.45. The molecule has 2 atom stereocenters. The molecule has 0 bridgehead atoms. The Morgan fingerprint density at radius 1 is 1.31 bits per heavy atom. The van der Waals surface area contributed by atoms with E-state index in [0.717, 1.165) is 12.5 Å². The van der Waals surface area contributed by atoms with E-state index in [-0.39, 0.29) is 0 Å². The molecule has 0 aromatic rings. The minimum absolute atomic E-state index is 0.480. The van der Waals surface area contributed by atoms with Crippen molar-refractivity contribution in [2.45, 2.75) is 53.0 Å². The molecule has 1 N–H and O–H groups in total. The minimum atomic E-state index is 0.480. The van der Waals surface area contributed by atoms with Gasteiger partial charge in [-0.05, 0) is 50.7 Å². The Morgan fingerprint density at radius 2 is 2.00 bits per heavy atom. The summed E-state index contributed by atoms with van der Waals surface area (Å²) >= 11 is 0. The highest BCUT2D eigenvalue weighted by molar-refractivity contribution is 4.96. The maximum absolute atomic E-state index is 3.71. The summed E-state index contributed by atoms with van der Waals surface area (Å²) in [5, 5.41) is 3.71. The number of nitrogens with zero attached hydrogens (tertiary/aromatic N) is 1. The molecular weight excluding hydrogens is 196 g/mol. The van der Waals surface area contributed by atoms with Crippen LogP contribution in [0, 0.1) is 11.3 Å². The molecule has 1 aliphatic carbocycles. The van der Waals surface area contributed by atoms with Gasteiger partial charge in [-0.25, -0.2) is 0 Å². The highest BCUT2D eigenvalue weighted by Crippen LogP contribution is 2.41. The topological polar surface area (TPSA) is 15.3 Å². The molecule has 0 aromatic carbocycles. The molecule has 2 unspecified atom stereocenters. The Hall–Kier alpha value is -0.0800. The summed E-state index contributed by atoms with van der Waals surface area (Å²) < 4.78 is 0. The molecule has 0 aromatic heterocycles. The van der Waals surface area contributed by atoms with Crippen LogP contribution in [-0.4, -0.2) is 37.6 Å². The Kier molecular flexibility index (Phi) is 5.26. The first-order chi connectivity index (χ1) is 7.51. The van der Waals surface area contributed by atoms with Gasteiger partial charge >= 0.3 is 0 Å². The second-order valence-electron chi connectivity index (χ2n) is 6.08. The van der Waals surface area contributed by atoms with Gasteiger partial charge in [-0.15, -0.1) is 0 Å². The zero-order valence-electron chi connectivity index (χ0n) is 11.8. The lowest BCUT2D eigenvalue weighted by Gasteiger charge is -2.33. The van der Waals surface area contributed by atoms with Crippen LogP contribution in [0.5, 0.6) is 0 Å². The van der Waals surface area contributed by atoms with Crippen LogP contribution in [0.25, 0.3) is 0 Å². The van der Waals surface area contributed by atoms with Crippen LogP contribution < -0.4 is 5.32 Å². The van der Waals surface area contributed by atoms with E-state index in [2.05, 4.69) is 45.0 Å². The van der Waals surface area contributed by atoms with E-state index in [4.69, 9.17) is 0 Å². The van der Waals surface area contributed by atoms with Gasteiger partial charge in [0, 0.05) is 12.6 Å². The zero-order chi connectivity index (χ0) is 12.2. The van der Waals surface area contributed by atoms with Gasteiger partial charge in [0.1, 0.15) is 0 Å². The van der Waals surface area contributed by atoms with E-state index in [9.17, 15) is 0 Å². The van der Waals surface area contributed by atoms with Gasteiger partial charge in [0.25, 0.3) is 0 Å². The molecule has 16 heavy (non-hydrogen) atoms. The Balaban J connectivity index is 2.52. The average Bonchev–Trinajstić information content (AvgIpc) is 2.46. The van der Waals surface area contributed by atoms with Gasteiger partial charge < -0.3 is 10.2 Å². The molecular formula is C14H30N2. The van der Waals surface area contributed by atoms with Crippen molar-refractivity contribution in [1.29, 1.82) is 0 Å². The van der Waals surface area contributed by atoms with E-state index in [1.54, 1.807) is 0 Å². The summed E-state index contributed by atoms with van der Waals surface area (Å²) in [4.78, 5) is 2.50. The van der Waals surface area contributed by atoms with E-state index in [1.165, 1.54) is 32.4 Å². The number of hydrogen-bond acceptors (Lipinski definition) is 2. The normalized spacial score (nSPS) is 28.9. The molecule has 1 aliphatic rings. The lowest BCUT2D eigenvalue weighted by atomic mass is 9.84. The van der Waals surface area contributed by atoms with Gasteiger partial charge in [0.2, 0.25) is 0 Å². The molecule has 2 heteroatoms. The summed E-state index contributed by atoms with van der Waals surface area (Å²) in [5.41, 5.74) is 0.480. The Labute approximate surface area is 102 Å². The van der Waals surface area contributed by atoms with Crippen LogP contribution >= 0.6 is 0 Å². The molecule has 0 amide bonds. The predicted octanol–water partition coefficient (Wildman–Crippen LogP) is 2.74. The van der Waals surface area contributed by atoms with Crippen molar-refractivity contribution in [2.75, 3.05) is 26.7 Å². The molecule has 0 aliphatic heterocycles. The smallest absolute Gasteiger partial charge is 0.0159 e. The SMILES string of the molecule is CCCN(C)CC1CCC(C)(C)C1NCC. The van der Waals surface area contributed by atoms with Crippen LogP contribution in [0.15, 0.2) is 0 Å². The maximum Gasteiger partial charge on any atom is 0.0159 e. The van der Waals surface area contributed by atoms with Crippen LogP contribution in [-0.2, 0) is 0 Å². The average molecular weight is 226 g/mol. The van der Waals surface area contributed by atoms with E-state index in [0.29, 0.717) is 11.5 Å². The van der Waals surface area contributed by atoms with Crippen molar-refractivity contribution >= 4 is 0 Å². The summed E-state index contributed by atoms with van der Waals surface area (Å²) in [6.45, 7) is 12.9. The summed E-state index contributed by atoms with van der Waals surface area (Å²) in [5.74, 6) is 0.839. The molecule has 1 fully saturated rings. The van der Waals surface area contributed by atoms with Crippen molar-refractivity contribution in [1.82, 2.24) is 10.2 Å². The van der Waals surface area contributed by atoms with Gasteiger partial charge in [0.15, 0.2) is 0 Å². The molecule has 96 valence electrons. The second-order valence-corrected chi connectivity index (χ2v) is 6.08. The fraction of sp³-hybridized carbons (Fsp3) is 1.00. The quantitative estimate of drug-likeness (QED) is 0.749. The summed E-state index contributed by atoms with van der Waals surface area (Å²) in [6.07, 6.45) is 4.02. The standard InChI is InChI=1S/C14H30N2/c1-6-10-16(5)11-12-8-9-14(3,4)13(12)15-7-2/h12-13,15H,6-11H2,1-5H3. The zero-order valence-corrected chi connectivity index (χ0v) is 11.8. The first-order valence-electron chi connectivity index (χ1n) is 6.93. The van der Waals surface area contributed by atoms with Crippen molar-refractivity contribution in [3.63, 3.8) is 0 Å². The van der Waals surface area contributed by atoms with Crippen LogP contribution in [0.3, 0.4) is 0 Å². The summed E-state index contributed by atoms with van der Waals surface area (Å²) in [6, 6.07) is 0.705. The van der Waals surface area contributed by atoms with Crippen LogP contribution in [0.2, 0.25) is 0 Å².